The molecule has 0 saturated heterocycles. The van der Waals surface area contributed by atoms with Crippen LogP contribution in [0, 0.1) is 6.92 Å². The predicted molar refractivity (Wildman–Crippen MR) is 93.6 cm³/mol. The molecule has 0 radical (unpaired) electrons. The SMILES string of the molecule is CCN(c1cc(Cl)cc(C(=O)OC)c1C)C1CCC(OC)CC1. The van der Waals surface area contributed by atoms with Gasteiger partial charge >= 0.3 is 5.97 Å². The second-order valence-corrected chi connectivity index (χ2v) is 6.48. The van der Waals surface area contributed by atoms with Crippen molar-refractivity contribution in [3.8, 4) is 0 Å². The average Bonchev–Trinajstić information content (AvgIpc) is 2.58. The van der Waals surface area contributed by atoms with Gasteiger partial charge in [0.15, 0.2) is 0 Å². The summed E-state index contributed by atoms with van der Waals surface area (Å²) in [5.74, 6) is -0.342. The maximum atomic E-state index is 12.0. The van der Waals surface area contributed by atoms with Crippen molar-refractivity contribution in [3.05, 3.63) is 28.3 Å². The highest BCUT2D eigenvalue weighted by Crippen LogP contribution is 2.34. The average molecular weight is 340 g/mol. The Hall–Kier alpha value is -1.26. The molecule has 1 aliphatic rings. The molecule has 1 aromatic rings. The zero-order valence-corrected chi connectivity index (χ0v) is 15.2. The van der Waals surface area contributed by atoms with Crippen LogP contribution in [0.3, 0.4) is 0 Å². The Morgan fingerprint density at radius 2 is 1.91 bits per heavy atom. The Kier molecular flexibility index (Phi) is 6.31. The van der Waals surface area contributed by atoms with Gasteiger partial charge in [-0.1, -0.05) is 11.6 Å². The Bertz CT molecular complexity index is 553. The van der Waals surface area contributed by atoms with Gasteiger partial charge in [0, 0.05) is 30.4 Å². The van der Waals surface area contributed by atoms with Crippen molar-refractivity contribution >= 4 is 23.3 Å². The number of ether oxygens (including phenoxy) is 2. The first-order valence-corrected chi connectivity index (χ1v) is 8.57. The van der Waals surface area contributed by atoms with E-state index in [0.29, 0.717) is 22.7 Å². The molecule has 0 unspecified atom stereocenters. The van der Waals surface area contributed by atoms with Crippen molar-refractivity contribution in [1.82, 2.24) is 0 Å². The second kappa shape index (κ2) is 8.02. The summed E-state index contributed by atoms with van der Waals surface area (Å²) >= 11 is 6.25. The highest BCUT2D eigenvalue weighted by Gasteiger charge is 2.27. The van der Waals surface area contributed by atoms with Crippen LogP contribution in [0.2, 0.25) is 5.02 Å². The number of hydrogen-bond acceptors (Lipinski definition) is 4. The number of nitrogens with zero attached hydrogens (tertiary/aromatic N) is 1. The summed E-state index contributed by atoms with van der Waals surface area (Å²) in [5.41, 5.74) is 2.50. The van der Waals surface area contributed by atoms with Gasteiger partial charge in [-0.3, -0.25) is 0 Å². The first kappa shape index (κ1) is 18.1. The molecule has 1 aliphatic carbocycles. The maximum Gasteiger partial charge on any atom is 0.338 e. The van der Waals surface area contributed by atoms with E-state index >= 15 is 0 Å². The highest BCUT2D eigenvalue weighted by atomic mass is 35.5. The van der Waals surface area contributed by atoms with Crippen LogP contribution < -0.4 is 4.90 Å². The fourth-order valence-corrected chi connectivity index (χ4v) is 3.72. The molecule has 128 valence electrons. The quantitative estimate of drug-likeness (QED) is 0.753. The molecule has 0 aromatic heterocycles. The van der Waals surface area contributed by atoms with Crippen LogP contribution in [0.4, 0.5) is 5.69 Å². The van der Waals surface area contributed by atoms with E-state index in [1.807, 2.05) is 13.0 Å². The van der Waals surface area contributed by atoms with Crippen molar-refractivity contribution in [1.29, 1.82) is 0 Å². The Balaban J connectivity index is 2.31. The van der Waals surface area contributed by atoms with Gasteiger partial charge in [-0.25, -0.2) is 4.79 Å². The maximum absolute atomic E-state index is 12.0. The van der Waals surface area contributed by atoms with Gasteiger partial charge < -0.3 is 14.4 Å². The van der Waals surface area contributed by atoms with Crippen LogP contribution in [0.1, 0.15) is 48.5 Å². The molecule has 2 rings (SSSR count). The van der Waals surface area contributed by atoms with E-state index < -0.39 is 0 Å². The summed E-state index contributed by atoms with van der Waals surface area (Å²) in [6.45, 7) is 4.98. The van der Waals surface area contributed by atoms with Crippen molar-refractivity contribution in [3.63, 3.8) is 0 Å². The van der Waals surface area contributed by atoms with Gasteiger partial charge in [0.2, 0.25) is 0 Å². The second-order valence-electron chi connectivity index (χ2n) is 6.04. The number of esters is 1. The molecular formula is C18H26ClNO3. The summed E-state index contributed by atoms with van der Waals surface area (Å²) < 4.78 is 10.3. The van der Waals surface area contributed by atoms with E-state index in [4.69, 9.17) is 21.1 Å². The third kappa shape index (κ3) is 3.99. The van der Waals surface area contributed by atoms with E-state index in [0.717, 1.165) is 43.5 Å². The highest BCUT2D eigenvalue weighted by molar-refractivity contribution is 6.31. The molecule has 1 saturated carbocycles. The number of anilines is 1. The van der Waals surface area contributed by atoms with E-state index in [-0.39, 0.29) is 5.97 Å². The largest absolute Gasteiger partial charge is 0.465 e. The van der Waals surface area contributed by atoms with Crippen LogP contribution in [-0.4, -0.2) is 38.9 Å². The van der Waals surface area contributed by atoms with Crippen LogP contribution in [0.25, 0.3) is 0 Å². The first-order valence-electron chi connectivity index (χ1n) is 8.19. The van der Waals surface area contributed by atoms with Crippen molar-refractivity contribution < 1.29 is 14.3 Å². The minimum atomic E-state index is -0.342. The number of benzene rings is 1. The van der Waals surface area contributed by atoms with Crippen molar-refractivity contribution in [2.24, 2.45) is 0 Å². The minimum absolute atomic E-state index is 0.342. The lowest BCUT2D eigenvalue weighted by Gasteiger charge is -2.38. The zero-order valence-electron chi connectivity index (χ0n) is 14.4. The molecule has 0 atom stereocenters. The van der Waals surface area contributed by atoms with Crippen molar-refractivity contribution in [2.45, 2.75) is 51.7 Å². The Labute approximate surface area is 143 Å². The number of halogens is 1. The summed E-state index contributed by atoms with van der Waals surface area (Å²) in [4.78, 5) is 14.4. The molecule has 4 nitrogen and oxygen atoms in total. The molecule has 0 N–H and O–H groups in total. The fraction of sp³-hybridized carbons (Fsp3) is 0.611. The van der Waals surface area contributed by atoms with E-state index in [1.54, 1.807) is 13.2 Å². The van der Waals surface area contributed by atoms with Gasteiger partial charge in [-0.05, 0) is 57.2 Å². The molecule has 1 aromatic carbocycles. The number of methoxy groups -OCH3 is 2. The van der Waals surface area contributed by atoms with E-state index in [2.05, 4.69) is 11.8 Å². The lowest BCUT2D eigenvalue weighted by Crippen LogP contribution is -2.40. The smallest absolute Gasteiger partial charge is 0.338 e. The van der Waals surface area contributed by atoms with E-state index in [9.17, 15) is 4.79 Å². The number of rotatable bonds is 5. The third-order valence-corrected chi connectivity index (χ3v) is 5.04. The van der Waals surface area contributed by atoms with Gasteiger partial charge in [0.1, 0.15) is 0 Å². The number of carbonyl (C=O) groups excluding carboxylic acids is 1. The summed E-state index contributed by atoms with van der Waals surface area (Å²) in [6, 6.07) is 4.09. The monoisotopic (exact) mass is 339 g/mol. The standard InChI is InChI=1S/C18H26ClNO3/c1-5-20(14-6-8-15(22-3)9-7-14)17-11-13(19)10-16(12(17)2)18(21)23-4/h10-11,14-15H,5-9H2,1-4H3. The fourth-order valence-electron chi connectivity index (χ4n) is 3.50. The topological polar surface area (TPSA) is 38.8 Å². The van der Waals surface area contributed by atoms with Gasteiger partial charge in [-0.2, -0.15) is 0 Å². The minimum Gasteiger partial charge on any atom is -0.465 e. The summed E-state index contributed by atoms with van der Waals surface area (Å²) in [6.07, 6.45) is 4.69. The molecule has 0 heterocycles. The van der Waals surface area contributed by atoms with Gasteiger partial charge in [0.25, 0.3) is 0 Å². The van der Waals surface area contributed by atoms with Gasteiger partial charge in [0.05, 0.1) is 18.8 Å². The number of carbonyl (C=O) groups is 1. The Morgan fingerprint density at radius 3 is 2.43 bits per heavy atom. The molecule has 0 amide bonds. The number of hydrogen-bond donors (Lipinski definition) is 0. The van der Waals surface area contributed by atoms with Crippen molar-refractivity contribution in [2.75, 3.05) is 25.7 Å². The van der Waals surface area contributed by atoms with Crippen LogP contribution in [-0.2, 0) is 9.47 Å². The molecule has 23 heavy (non-hydrogen) atoms. The molecule has 5 heteroatoms. The molecule has 0 bridgehead atoms. The van der Waals surface area contributed by atoms with E-state index in [1.165, 1.54) is 7.11 Å². The van der Waals surface area contributed by atoms with Crippen LogP contribution >= 0.6 is 11.6 Å². The first-order chi connectivity index (χ1) is 11.0. The Morgan fingerprint density at radius 1 is 1.26 bits per heavy atom. The lowest BCUT2D eigenvalue weighted by molar-refractivity contribution is 0.0600. The molecule has 1 fully saturated rings. The normalized spacial score (nSPS) is 21.1. The molecule has 0 spiro atoms. The van der Waals surface area contributed by atoms with Crippen LogP contribution in [0.5, 0.6) is 0 Å². The lowest BCUT2D eigenvalue weighted by atomic mass is 9.91. The summed E-state index contributed by atoms with van der Waals surface area (Å²) in [5, 5.41) is 0.565. The third-order valence-electron chi connectivity index (χ3n) is 4.82. The van der Waals surface area contributed by atoms with Gasteiger partial charge in [-0.15, -0.1) is 0 Å². The molecular weight excluding hydrogens is 314 g/mol. The summed E-state index contributed by atoms with van der Waals surface area (Å²) in [7, 11) is 3.18. The zero-order chi connectivity index (χ0) is 17.0. The predicted octanol–water partition coefficient (Wildman–Crippen LogP) is 4.22. The van der Waals surface area contributed by atoms with Crippen LogP contribution in [0.15, 0.2) is 12.1 Å². The molecule has 0 aliphatic heterocycles.